The van der Waals surface area contributed by atoms with Crippen LogP contribution >= 0.6 is 34.5 Å². The lowest BCUT2D eigenvalue weighted by atomic mass is 10.1. The minimum absolute atomic E-state index is 0.0737. The fraction of sp³-hybridized carbons (Fsp3) is 0.154. The predicted molar refractivity (Wildman–Crippen MR) is 82.6 cm³/mol. The Morgan fingerprint density at radius 3 is 2.71 bits per heavy atom. The van der Waals surface area contributed by atoms with Crippen LogP contribution in [0.3, 0.4) is 0 Å². The minimum Gasteiger partial charge on any atom is -0.476 e. The van der Waals surface area contributed by atoms with Gasteiger partial charge in [0.25, 0.3) is 0 Å². The maximum absolute atomic E-state index is 12.2. The van der Waals surface area contributed by atoms with E-state index in [0.717, 1.165) is 11.3 Å². The van der Waals surface area contributed by atoms with Gasteiger partial charge in [-0.1, -0.05) is 23.2 Å². The van der Waals surface area contributed by atoms with Crippen molar-refractivity contribution in [2.45, 2.75) is 12.8 Å². The van der Waals surface area contributed by atoms with Crippen molar-refractivity contribution in [2.24, 2.45) is 0 Å². The van der Waals surface area contributed by atoms with Gasteiger partial charge in [-0.05, 0) is 25.1 Å². The molecule has 0 fully saturated rings. The van der Waals surface area contributed by atoms with E-state index in [4.69, 9.17) is 28.3 Å². The number of aromatic nitrogens is 1. The molecule has 2 N–H and O–H groups in total. The first kappa shape index (κ1) is 15.8. The highest BCUT2D eigenvalue weighted by molar-refractivity contribution is 7.10. The maximum Gasteiger partial charge on any atom is 0.355 e. The Hall–Kier alpha value is -1.63. The molecule has 0 bridgehead atoms. The summed E-state index contributed by atoms with van der Waals surface area (Å²) in [6.07, 6.45) is 0. The lowest BCUT2D eigenvalue weighted by Gasteiger charge is -2.11. The second-order valence-corrected chi connectivity index (χ2v) is 5.94. The molecule has 2 aromatic rings. The van der Waals surface area contributed by atoms with Gasteiger partial charge in [0.1, 0.15) is 5.01 Å². The number of carbonyl (C=O) groups excluding carboxylic acids is 1. The van der Waals surface area contributed by atoms with Crippen LogP contribution in [0.15, 0.2) is 23.6 Å². The van der Waals surface area contributed by atoms with Crippen LogP contribution in [0.4, 0.5) is 5.69 Å². The fourth-order valence-electron chi connectivity index (χ4n) is 1.53. The van der Waals surface area contributed by atoms with Crippen molar-refractivity contribution in [3.63, 3.8) is 0 Å². The summed E-state index contributed by atoms with van der Waals surface area (Å²) >= 11 is 12.9. The number of benzene rings is 1. The van der Waals surface area contributed by atoms with Crippen LogP contribution in [-0.2, 0) is 4.79 Å². The van der Waals surface area contributed by atoms with Crippen LogP contribution in [0.2, 0.25) is 10.0 Å². The standard InChI is InChI=1S/C13H10Cl2N2O3S/c1-6(12-17-10(5-21-12)13(19)20)11(18)16-9-4-7(14)2-3-8(9)15/h2-6H,1H3,(H,16,18)(H,19,20). The van der Waals surface area contributed by atoms with Crippen molar-refractivity contribution in [2.75, 3.05) is 5.32 Å². The summed E-state index contributed by atoms with van der Waals surface area (Å²) < 4.78 is 0. The molecule has 21 heavy (non-hydrogen) atoms. The Kier molecular flexibility index (Phi) is 4.82. The van der Waals surface area contributed by atoms with Crippen molar-refractivity contribution < 1.29 is 14.7 Å². The third kappa shape index (κ3) is 3.72. The smallest absolute Gasteiger partial charge is 0.355 e. The van der Waals surface area contributed by atoms with Gasteiger partial charge in [-0.2, -0.15) is 0 Å². The molecule has 0 spiro atoms. The van der Waals surface area contributed by atoms with Crippen LogP contribution in [0.5, 0.6) is 0 Å². The van der Waals surface area contributed by atoms with Crippen molar-refractivity contribution in [1.29, 1.82) is 0 Å². The Labute approximate surface area is 134 Å². The molecule has 110 valence electrons. The summed E-state index contributed by atoms with van der Waals surface area (Å²) in [7, 11) is 0. The average molecular weight is 345 g/mol. The number of hydrogen-bond donors (Lipinski definition) is 2. The van der Waals surface area contributed by atoms with Gasteiger partial charge in [-0.25, -0.2) is 9.78 Å². The van der Waals surface area contributed by atoms with Gasteiger partial charge in [-0.3, -0.25) is 4.79 Å². The quantitative estimate of drug-likeness (QED) is 0.881. The van der Waals surface area contributed by atoms with Crippen molar-refractivity contribution in [3.8, 4) is 0 Å². The molecule has 2 rings (SSSR count). The molecule has 1 unspecified atom stereocenters. The van der Waals surface area contributed by atoms with Crippen molar-refractivity contribution in [3.05, 3.63) is 44.3 Å². The second kappa shape index (κ2) is 6.43. The van der Waals surface area contributed by atoms with Crippen molar-refractivity contribution >= 4 is 52.1 Å². The number of rotatable bonds is 4. The molecule has 0 aliphatic carbocycles. The molecule has 0 saturated carbocycles. The number of carbonyl (C=O) groups is 2. The van der Waals surface area contributed by atoms with Crippen molar-refractivity contribution in [1.82, 2.24) is 4.98 Å². The minimum atomic E-state index is -1.12. The Morgan fingerprint density at radius 2 is 2.10 bits per heavy atom. The number of amides is 1. The summed E-state index contributed by atoms with van der Waals surface area (Å²) in [5, 5.41) is 14.1. The second-order valence-electron chi connectivity index (χ2n) is 4.21. The average Bonchev–Trinajstić information content (AvgIpc) is 2.91. The normalized spacial score (nSPS) is 12.0. The topological polar surface area (TPSA) is 79.3 Å². The van der Waals surface area contributed by atoms with E-state index in [2.05, 4.69) is 10.3 Å². The Morgan fingerprint density at radius 1 is 1.38 bits per heavy atom. The van der Waals surface area contributed by atoms with Crippen LogP contribution in [0.25, 0.3) is 0 Å². The van der Waals surface area contributed by atoms with E-state index in [1.165, 1.54) is 5.38 Å². The number of carboxylic acid groups (broad SMARTS) is 1. The van der Waals surface area contributed by atoms with E-state index < -0.39 is 11.9 Å². The van der Waals surface area contributed by atoms with Gasteiger partial charge >= 0.3 is 5.97 Å². The Balaban J connectivity index is 2.15. The fourth-order valence-corrected chi connectivity index (χ4v) is 2.72. The lowest BCUT2D eigenvalue weighted by Crippen LogP contribution is -2.19. The Bertz CT molecular complexity index is 702. The van der Waals surface area contributed by atoms with Gasteiger partial charge in [0.05, 0.1) is 16.6 Å². The molecule has 0 radical (unpaired) electrons. The van der Waals surface area contributed by atoms with E-state index in [1.54, 1.807) is 25.1 Å². The predicted octanol–water partition coefficient (Wildman–Crippen LogP) is 3.89. The molecule has 8 heteroatoms. The number of anilines is 1. The third-order valence-corrected chi connectivity index (χ3v) is 4.28. The van der Waals surface area contributed by atoms with Crippen LogP contribution in [0, 0.1) is 0 Å². The molecule has 0 aliphatic rings. The van der Waals surface area contributed by atoms with Gasteiger partial charge in [0.15, 0.2) is 5.69 Å². The van der Waals surface area contributed by atoms with E-state index in [-0.39, 0.29) is 11.6 Å². The monoisotopic (exact) mass is 344 g/mol. The highest BCUT2D eigenvalue weighted by atomic mass is 35.5. The first-order chi connectivity index (χ1) is 9.88. The third-order valence-electron chi connectivity index (χ3n) is 2.69. The van der Waals surface area contributed by atoms with Gasteiger partial charge in [0, 0.05) is 10.4 Å². The molecular weight excluding hydrogens is 335 g/mol. The zero-order valence-electron chi connectivity index (χ0n) is 10.8. The van der Waals surface area contributed by atoms with Gasteiger partial charge < -0.3 is 10.4 Å². The van der Waals surface area contributed by atoms with E-state index in [0.29, 0.717) is 20.7 Å². The molecule has 1 aromatic heterocycles. The van der Waals surface area contributed by atoms with Crippen LogP contribution in [0.1, 0.15) is 28.3 Å². The van der Waals surface area contributed by atoms with E-state index >= 15 is 0 Å². The molecule has 1 aromatic carbocycles. The maximum atomic E-state index is 12.2. The molecule has 0 saturated heterocycles. The summed E-state index contributed by atoms with van der Waals surface area (Å²) in [4.78, 5) is 26.9. The zero-order valence-corrected chi connectivity index (χ0v) is 13.1. The number of hydrogen-bond acceptors (Lipinski definition) is 4. The molecule has 1 amide bonds. The van der Waals surface area contributed by atoms with E-state index in [9.17, 15) is 9.59 Å². The van der Waals surface area contributed by atoms with E-state index in [1.807, 2.05) is 0 Å². The lowest BCUT2D eigenvalue weighted by molar-refractivity contribution is -0.117. The van der Waals surface area contributed by atoms with Crippen LogP contribution < -0.4 is 5.32 Å². The summed E-state index contributed by atoms with van der Waals surface area (Å²) in [6.45, 7) is 1.64. The largest absolute Gasteiger partial charge is 0.476 e. The highest BCUT2D eigenvalue weighted by Gasteiger charge is 2.21. The summed E-state index contributed by atoms with van der Waals surface area (Å²) in [5.41, 5.74) is 0.325. The van der Waals surface area contributed by atoms with Crippen LogP contribution in [-0.4, -0.2) is 22.0 Å². The number of halogens is 2. The number of aromatic carboxylic acids is 1. The van der Waals surface area contributed by atoms with Gasteiger partial charge in [-0.15, -0.1) is 11.3 Å². The molecule has 5 nitrogen and oxygen atoms in total. The highest BCUT2D eigenvalue weighted by Crippen LogP contribution is 2.27. The first-order valence-electron chi connectivity index (χ1n) is 5.83. The first-order valence-corrected chi connectivity index (χ1v) is 7.46. The zero-order chi connectivity index (χ0) is 15.6. The summed E-state index contributed by atoms with van der Waals surface area (Å²) in [5.74, 6) is -2.06. The molecule has 0 aliphatic heterocycles. The molecule has 1 heterocycles. The SMILES string of the molecule is CC(C(=O)Nc1cc(Cl)ccc1Cl)c1nc(C(=O)O)cs1. The molecular formula is C13H10Cl2N2O3S. The number of thiazole rings is 1. The number of nitrogens with one attached hydrogen (secondary N) is 1. The van der Waals surface area contributed by atoms with Gasteiger partial charge in [0.2, 0.25) is 5.91 Å². The summed E-state index contributed by atoms with van der Waals surface area (Å²) in [6, 6.07) is 4.73. The molecule has 1 atom stereocenters. The number of carboxylic acids is 1. The number of nitrogens with zero attached hydrogens (tertiary/aromatic N) is 1.